The van der Waals surface area contributed by atoms with Crippen LogP contribution >= 0.6 is 0 Å². The Morgan fingerprint density at radius 3 is 2.56 bits per heavy atom. The van der Waals surface area contributed by atoms with Crippen LogP contribution in [0.2, 0.25) is 0 Å². The van der Waals surface area contributed by atoms with Gasteiger partial charge in [0.25, 0.3) is 0 Å². The second-order valence-electron chi connectivity index (χ2n) is 4.63. The minimum Gasteiger partial charge on any atom is -0.393 e. The van der Waals surface area contributed by atoms with Gasteiger partial charge >= 0.3 is 0 Å². The minimum atomic E-state index is -0.203. The lowest BCUT2D eigenvalue weighted by atomic mass is 9.91. The number of aliphatic hydroxyl groups excluding tert-OH is 1. The molecule has 2 nitrogen and oxygen atoms in total. The second kappa shape index (κ2) is 6.02. The van der Waals surface area contributed by atoms with E-state index in [2.05, 4.69) is 12.1 Å². The van der Waals surface area contributed by atoms with Gasteiger partial charge in [0.1, 0.15) is 0 Å². The molecule has 1 heterocycles. The van der Waals surface area contributed by atoms with Crippen molar-refractivity contribution in [3.63, 3.8) is 0 Å². The third-order valence-electron chi connectivity index (χ3n) is 3.26. The first-order valence-electron chi connectivity index (χ1n) is 6.14. The normalized spacial score (nSPS) is 19.6. The third-order valence-corrected chi connectivity index (χ3v) is 3.26. The summed E-state index contributed by atoms with van der Waals surface area (Å²) in [5.74, 6) is 0.646. The van der Waals surface area contributed by atoms with Crippen LogP contribution in [0.1, 0.15) is 24.8 Å². The van der Waals surface area contributed by atoms with Crippen LogP contribution in [0, 0.1) is 5.92 Å². The molecule has 1 aromatic carbocycles. The highest BCUT2D eigenvalue weighted by Gasteiger charge is 2.17. The standard InChI is InChI=1S/C14H20O2/c15-14(10-12-4-2-1-3-5-12)11-13-6-8-16-9-7-13/h1-5,13-15H,6-11H2. The Morgan fingerprint density at radius 1 is 1.19 bits per heavy atom. The molecule has 1 fully saturated rings. The molecule has 0 aliphatic carbocycles. The highest BCUT2D eigenvalue weighted by Crippen LogP contribution is 2.21. The van der Waals surface area contributed by atoms with Crippen LogP contribution in [0.25, 0.3) is 0 Å². The van der Waals surface area contributed by atoms with Crippen molar-refractivity contribution in [3.8, 4) is 0 Å². The van der Waals surface area contributed by atoms with Gasteiger partial charge in [0.15, 0.2) is 0 Å². The Labute approximate surface area is 97.3 Å². The van der Waals surface area contributed by atoms with Crippen molar-refractivity contribution in [1.82, 2.24) is 0 Å². The van der Waals surface area contributed by atoms with Crippen LogP contribution in [0.4, 0.5) is 0 Å². The fraction of sp³-hybridized carbons (Fsp3) is 0.571. The van der Waals surface area contributed by atoms with E-state index in [4.69, 9.17) is 4.74 Å². The molecule has 1 N–H and O–H groups in total. The number of hydrogen-bond acceptors (Lipinski definition) is 2. The molecular weight excluding hydrogens is 200 g/mol. The molecule has 0 spiro atoms. The molecule has 1 aliphatic heterocycles. The first-order chi connectivity index (χ1) is 7.84. The molecule has 0 aromatic heterocycles. The Balaban J connectivity index is 1.77. The monoisotopic (exact) mass is 220 g/mol. The fourth-order valence-corrected chi connectivity index (χ4v) is 2.34. The van der Waals surface area contributed by atoms with Gasteiger partial charge < -0.3 is 9.84 Å². The quantitative estimate of drug-likeness (QED) is 0.844. The van der Waals surface area contributed by atoms with Crippen LogP contribution in [0.15, 0.2) is 30.3 Å². The summed E-state index contributed by atoms with van der Waals surface area (Å²) >= 11 is 0. The molecule has 1 aromatic rings. The average molecular weight is 220 g/mol. The lowest BCUT2D eigenvalue weighted by Crippen LogP contribution is -2.22. The van der Waals surface area contributed by atoms with Gasteiger partial charge in [-0.2, -0.15) is 0 Å². The highest BCUT2D eigenvalue weighted by atomic mass is 16.5. The summed E-state index contributed by atoms with van der Waals surface area (Å²) in [6.45, 7) is 1.73. The minimum absolute atomic E-state index is 0.203. The summed E-state index contributed by atoms with van der Waals surface area (Å²) in [6, 6.07) is 10.2. The third kappa shape index (κ3) is 3.62. The fourth-order valence-electron chi connectivity index (χ4n) is 2.34. The molecule has 2 heteroatoms. The van der Waals surface area contributed by atoms with E-state index in [1.807, 2.05) is 18.2 Å². The molecular formula is C14H20O2. The Morgan fingerprint density at radius 2 is 1.88 bits per heavy atom. The van der Waals surface area contributed by atoms with Crippen molar-refractivity contribution >= 4 is 0 Å². The van der Waals surface area contributed by atoms with Gasteiger partial charge in [-0.3, -0.25) is 0 Å². The smallest absolute Gasteiger partial charge is 0.0583 e. The SMILES string of the molecule is OC(Cc1ccccc1)CC1CCOCC1. The molecule has 0 bridgehead atoms. The van der Waals surface area contributed by atoms with Crippen LogP contribution in [-0.2, 0) is 11.2 Å². The molecule has 1 unspecified atom stereocenters. The van der Waals surface area contributed by atoms with Crippen molar-refractivity contribution in [2.45, 2.75) is 31.8 Å². The highest BCUT2D eigenvalue weighted by molar-refractivity contribution is 5.15. The van der Waals surface area contributed by atoms with Crippen molar-refractivity contribution in [1.29, 1.82) is 0 Å². The van der Waals surface area contributed by atoms with Gasteiger partial charge in [-0.15, -0.1) is 0 Å². The number of ether oxygens (including phenoxy) is 1. The predicted molar refractivity (Wildman–Crippen MR) is 64.3 cm³/mol. The maximum Gasteiger partial charge on any atom is 0.0583 e. The van der Waals surface area contributed by atoms with Gasteiger partial charge in [-0.25, -0.2) is 0 Å². The zero-order valence-electron chi connectivity index (χ0n) is 9.64. The van der Waals surface area contributed by atoms with Gasteiger partial charge in [0.2, 0.25) is 0 Å². The summed E-state index contributed by atoms with van der Waals surface area (Å²) in [5.41, 5.74) is 1.22. The molecule has 1 aliphatic rings. The number of hydrogen-bond donors (Lipinski definition) is 1. The van der Waals surface area contributed by atoms with Crippen molar-refractivity contribution in [3.05, 3.63) is 35.9 Å². The van der Waals surface area contributed by atoms with E-state index in [0.29, 0.717) is 5.92 Å². The van der Waals surface area contributed by atoms with Crippen molar-refractivity contribution in [2.75, 3.05) is 13.2 Å². The van der Waals surface area contributed by atoms with Crippen LogP contribution < -0.4 is 0 Å². The first-order valence-corrected chi connectivity index (χ1v) is 6.14. The topological polar surface area (TPSA) is 29.5 Å². The van der Waals surface area contributed by atoms with Gasteiger partial charge in [0.05, 0.1) is 6.10 Å². The van der Waals surface area contributed by atoms with Gasteiger partial charge in [-0.05, 0) is 37.2 Å². The average Bonchev–Trinajstić information content (AvgIpc) is 2.31. The summed E-state index contributed by atoms with van der Waals surface area (Å²) in [7, 11) is 0. The van der Waals surface area contributed by atoms with E-state index in [-0.39, 0.29) is 6.10 Å². The largest absolute Gasteiger partial charge is 0.393 e. The zero-order valence-corrected chi connectivity index (χ0v) is 9.64. The molecule has 0 saturated carbocycles. The zero-order chi connectivity index (χ0) is 11.2. The van der Waals surface area contributed by atoms with Gasteiger partial charge in [-0.1, -0.05) is 30.3 Å². The molecule has 1 saturated heterocycles. The molecule has 88 valence electrons. The molecule has 0 radical (unpaired) electrons. The van der Waals surface area contributed by atoms with Crippen LogP contribution in [0.5, 0.6) is 0 Å². The summed E-state index contributed by atoms with van der Waals surface area (Å²) < 4.78 is 5.32. The summed E-state index contributed by atoms with van der Waals surface area (Å²) in [6.07, 6.45) is 3.69. The summed E-state index contributed by atoms with van der Waals surface area (Å²) in [5, 5.41) is 10.0. The van der Waals surface area contributed by atoms with E-state index < -0.39 is 0 Å². The molecule has 2 rings (SSSR count). The summed E-state index contributed by atoms with van der Waals surface area (Å²) in [4.78, 5) is 0. The molecule has 16 heavy (non-hydrogen) atoms. The Kier molecular flexibility index (Phi) is 4.37. The van der Waals surface area contributed by atoms with Crippen LogP contribution in [-0.4, -0.2) is 24.4 Å². The van der Waals surface area contributed by atoms with Crippen LogP contribution in [0.3, 0.4) is 0 Å². The van der Waals surface area contributed by atoms with E-state index >= 15 is 0 Å². The number of aliphatic hydroxyl groups is 1. The van der Waals surface area contributed by atoms with E-state index in [1.54, 1.807) is 0 Å². The van der Waals surface area contributed by atoms with Crippen molar-refractivity contribution in [2.24, 2.45) is 5.92 Å². The van der Waals surface area contributed by atoms with E-state index in [1.165, 1.54) is 5.56 Å². The van der Waals surface area contributed by atoms with E-state index in [9.17, 15) is 5.11 Å². The maximum absolute atomic E-state index is 10.0. The number of rotatable bonds is 4. The van der Waals surface area contributed by atoms with Gasteiger partial charge in [0, 0.05) is 13.2 Å². The first kappa shape index (κ1) is 11.6. The second-order valence-corrected chi connectivity index (χ2v) is 4.63. The Hall–Kier alpha value is -0.860. The predicted octanol–water partition coefficient (Wildman–Crippen LogP) is 2.41. The Bertz CT molecular complexity index is 291. The maximum atomic E-state index is 10.0. The van der Waals surface area contributed by atoms with Crippen molar-refractivity contribution < 1.29 is 9.84 Å². The molecule has 0 amide bonds. The lowest BCUT2D eigenvalue weighted by Gasteiger charge is -2.24. The van der Waals surface area contributed by atoms with E-state index in [0.717, 1.165) is 38.9 Å². The number of benzene rings is 1. The lowest BCUT2D eigenvalue weighted by molar-refractivity contribution is 0.0439. The molecule has 1 atom stereocenters.